The molecule has 0 aliphatic rings. The molecule has 1 atom stereocenters. The van der Waals surface area contributed by atoms with Crippen LogP contribution in [-0.4, -0.2) is 48.6 Å². The molecule has 0 saturated heterocycles. The molecule has 0 saturated carbocycles. The van der Waals surface area contributed by atoms with Gasteiger partial charge in [-0.15, -0.1) is 0 Å². The van der Waals surface area contributed by atoms with E-state index < -0.39 is 29.8 Å². The van der Waals surface area contributed by atoms with Crippen molar-refractivity contribution in [2.24, 2.45) is 4.99 Å². The van der Waals surface area contributed by atoms with Gasteiger partial charge < -0.3 is 33.9 Å². The lowest BCUT2D eigenvalue weighted by molar-refractivity contribution is 0.0373. The van der Waals surface area contributed by atoms with Gasteiger partial charge in [-0.1, -0.05) is 91.0 Å². The third kappa shape index (κ3) is 8.79. The Kier molecular flexibility index (Phi) is 13.9. The molecule has 0 radical (unpaired) electrons. The number of hydrogen-bond donors (Lipinski definition) is 2. The monoisotopic (exact) mass is 863 g/mol. The van der Waals surface area contributed by atoms with Crippen LogP contribution in [0.25, 0.3) is 0 Å². The Morgan fingerprint density at radius 2 is 0.891 bits per heavy atom. The average molecular weight is 864 g/mol. The maximum Gasteiger partial charge on any atom is 0.347 e. The highest BCUT2D eigenvalue weighted by molar-refractivity contribution is 6.02. The van der Waals surface area contributed by atoms with Crippen LogP contribution in [0.4, 0.5) is 0 Å². The number of hydrogen-bond acceptors (Lipinski definition) is 11. The highest BCUT2D eigenvalue weighted by atomic mass is 16.6. The van der Waals surface area contributed by atoms with Crippen molar-refractivity contribution in [3.8, 4) is 34.5 Å². The number of phenolic OH excluding ortho intramolecular Hbond substituents is 2. The zero-order valence-corrected chi connectivity index (χ0v) is 38.0. The van der Waals surface area contributed by atoms with E-state index in [2.05, 4.69) is 4.99 Å². The molecule has 0 aliphatic heterocycles. The second-order valence-electron chi connectivity index (χ2n) is 15.7. The number of methoxy groups -OCH3 is 2. The molecule has 11 heteroatoms. The third-order valence-electron chi connectivity index (χ3n) is 11.9. The van der Waals surface area contributed by atoms with Crippen molar-refractivity contribution in [3.05, 3.63) is 174 Å². The van der Waals surface area contributed by atoms with Gasteiger partial charge in [-0.3, -0.25) is 4.99 Å². The fourth-order valence-corrected chi connectivity index (χ4v) is 7.95. The van der Waals surface area contributed by atoms with Gasteiger partial charge in [-0.25, -0.2) is 14.4 Å². The molecular formula is C53H53NO10. The first-order valence-corrected chi connectivity index (χ1v) is 20.8. The van der Waals surface area contributed by atoms with Crippen LogP contribution in [0.15, 0.2) is 96.0 Å². The summed E-state index contributed by atoms with van der Waals surface area (Å²) in [5, 5.41) is 22.2. The molecule has 6 aromatic carbocycles. The quantitative estimate of drug-likeness (QED) is 0.0652. The Balaban J connectivity index is 1.32. The predicted molar refractivity (Wildman–Crippen MR) is 246 cm³/mol. The lowest BCUT2D eigenvalue weighted by Gasteiger charge is -2.24. The molecule has 6 aromatic rings. The standard InChI is InChI=1S/C53H53NO10/c1-28-30(3)46(62-51(57)41-32(5)40(44(55)33(6)45(41)56)27-54-36(9)37-21-15-12-16-22-37)34(7)48(60-10)42(28)52(58)63-47-31(4)29(2)43(49(61-11)35(47)8)53(59)64-50(38-23-17-13-18-24-38)39-25-19-14-20-26-39/h12-27,36,50,55-56H,1-11H3/t36-/m1/s1. The van der Waals surface area contributed by atoms with Crippen LogP contribution in [0.3, 0.4) is 0 Å². The zero-order valence-electron chi connectivity index (χ0n) is 38.0. The number of carbonyl (C=O) groups excluding carboxylic acids is 3. The van der Waals surface area contributed by atoms with Crippen LogP contribution < -0.4 is 18.9 Å². The summed E-state index contributed by atoms with van der Waals surface area (Å²) in [5.74, 6) is -2.30. The molecule has 0 aromatic heterocycles. The predicted octanol–water partition coefficient (Wildman–Crippen LogP) is 11.1. The summed E-state index contributed by atoms with van der Waals surface area (Å²) < 4.78 is 30.1. The highest BCUT2D eigenvalue weighted by Crippen LogP contribution is 2.44. The van der Waals surface area contributed by atoms with E-state index in [-0.39, 0.29) is 68.2 Å². The first-order valence-electron chi connectivity index (χ1n) is 20.8. The van der Waals surface area contributed by atoms with E-state index in [0.717, 1.165) is 16.7 Å². The smallest absolute Gasteiger partial charge is 0.347 e. The van der Waals surface area contributed by atoms with Gasteiger partial charge in [0.25, 0.3) is 0 Å². The molecule has 0 aliphatic carbocycles. The first-order chi connectivity index (χ1) is 30.5. The Bertz CT molecular complexity index is 2740. The first kappa shape index (κ1) is 46.1. The number of ether oxygens (including phenoxy) is 5. The van der Waals surface area contributed by atoms with Gasteiger partial charge in [0.15, 0.2) is 6.10 Å². The summed E-state index contributed by atoms with van der Waals surface area (Å²) in [6.07, 6.45) is 0.787. The molecule has 0 amide bonds. The largest absolute Gasteiger partial charge is 0.507 e. The van der Waals surface area contributed by atoms with E-state index in [4.69, 9.17) is 23.7 Å². The Hall–Kier alpha value is -7.40. The number of rotatable bonds is 13. The average Bonchev–Trinajstić information content (AvgIpc) is 3.30. The lowest BCUT2D eigenvalue weighted by Crippen LogP contribution is -2.19. The van der Waals surface area contributed by atoms with Gasteiger partial charge >= 0.3 is 17.9 Å². The van der Waals surface area contributed by atoms with Crippen molar-refractivity contribution in [2.45, 2.75) is 74.5 Å². The van der Waals surface area contributed by atoms with Crippen molar-refractivity contribution >= 4 is 24.1 Å². The van der Waals surface area contributed by atoms with Crippen LogP contribution in [0, 0.1) is 55.4 Å². The molecule has 330 valence electrons. The molecular weight excluding hydrogens is 811 g/mol. The lowest BCUT2D eigenvalue weighted by atomic mass is 9.95. The second-order valence-corrected chi connectivity index (χ2v) is 15.7. The summed E-state index contributed by atoms with van der Waals surface area (Å²) in [6.45, 7) is 15.2. The van der Waals surface area contributed by atoms with Crippen molar-refractivity contribution in [2.75, 3.05) is 14.2 Å². The summed E-state index contributed by atoms with van der Waals surface area (Å²) in [7, 11) is 2.83. The Morgan fingerprint density at radius 3 is 1.33 bits per heavy atom. The topological polar surface area (TPSA) is 150 Å². The molecule has 0 unspecified atom stereocenters. The minimum absolute atomic E-state index is 0.0811. The fraction of sp³-hybridized carbons (Fsp3) is 0.245. The SMILES string of the molecule is COc1c(C)c(OC(=O)c2c(C)c(C=N[C@H](C)c3ccccc3)c(O)c(C)c2O)c(C)c(C)c1C(=O)Oc1c(C)c(C)c(C(=O)OC(c2ccccc2)c2ccccc2)c(OC)c1C. The van der Waals surface area contributed by atoms with E-state index >= 15 is 0 Å². The van der Waals surface area contributed by atoms with E-state index in [1.54, 1.807) is 48.5 Å². The van der Waals surface area contributed by atoms with Crippen LogP contribution in [0.1, 0.15) is 117 Å². The van der Waals surface area contributed by atoms with Crippen molar-refractivity contribution in [3.63, 3.8) is 0 Å². The number of esters is 3. The number of aromatic hydroxyl groups is 2. The number of carbonyl (C=O) groups is 3. The van der Waals surface area contributed by atoms with Gasteiger partial charge in [-0.2, -0.15) is 0 Å². The van der Waals surface area contributed by atoms with E-state index in [9.17, 15) is 24.6 Å². The van der Waals surface area contributed by atoms with Crippen LogP contribution in [-0.2, 0) is 4.74 Å². The summed E-state index contributed by atoms with van der Waals surface area (Å²) >= 11 is 0. The van der Waals surface area contributed by atoms with E-state index in [1.807, 2.05) is 97.9 Å². The number of aliphatic imine (C=N–C) groups is 1. The van der Waals surface area contributed by atoms with Crippen LogP contribution >= 0.6 is 0 Å². The number of benzene rings is 6. The van der Waals surface area contributed by atoms with Crippen molar-refractivity contribution in [1.82, 2.24) is 0 Å². The number of nitrogens with zero attached hydrogens (tertiary/aromatic N) is 1. The molecule has 0 spiro atoms. The molecule has 2 N–H and O–H groups in total. The molecule has 11 nitrogen and oxygen atoms in total. The molecule has 0 bridgehead atoms. The second kappa shape index (κ2) is 19.3. The Morgan fingerprint density at radius 1 is 0.484 bits per heavy atom. The maximum absolute atomic E-state index is 14.4. The fourth-order valence-electron chi connectivity index (χ4n) is 7.95. The third-order valence-corrected chi connectivity index (χ3v) is 11.9. The maximum atomic E-state index is 14.4. The minimum atomic E-state index is -0.891. The molecule has 6 rings (SSSR count). The minimum Gasteiger partial charge on any atom is -0.507 e. The van der Waals surface area contributed by atoms with E-state index in [1.165, 1.54) is 27.4 Å². The van der Waals surface area contributed by atoms with Gasteiger partial charge in [0.05, 0.1) is 20.3 Å². The van der Waals surface area contributed by atoms with Gasteiger partial charge in [0.1, 0.15) is 51.2 Å². The normalized spacial score (nSPS) is 11.7. The van der Waals surface area contributed by atoms with E-state index in [0.29, 0.717) is 33.4 Å². The summed E-state index contributed by atoms with van der Waals surface area (Å²) in [5.41, 5.74) is 5.88. The zero-order chi connectivity index (χ0) is 46.6. The molecule has 0 fully saturated rings. The highest BCUT2D eigenvalue weighted by Gasteiger charge is 2.33. The van der Waals surface area contributed by atoms with Gasteiger partial charge in [0.2, 0.25) is 0 Å². The van der Waals surface area contributed by atoms with Gasteiger partial charge in [-0.05, 0) is 107 Å². The number of phenols is 2. The molecule has 0 heterocycles. The van der Waals surface area contributed by atoms with Crippen LogP contribution in [0.2, 0.25) is 0 Å². The van der Waals surface area contributed by atoms with Crippen molar-refractivity contribution in [1.29, 1.82) is 0 Å². The van der Waals surface area contributed by atoms with Crippen LogP contribution in [0.5, 0.6) is 34.5 Å². The summed E-state index contributed by atoms with van der Waals surface area (Å²) in [4.78, 5) is 47.2. The van der Waals surface area contributed by atoms with Crippen molar-refractivity contribution < 1.29 is 48.3 Å². The molecule has 64 heavy (non-hydrogen) atoms. The van der Waals surface area contributed by atoms with Gasteiger partial charge in [0, 0.05) is 28.5 Å². The Labute approximate surface area is 373 Å². The summed E-state index contributed by atoms with van der Waals surface area (Å²) in [6, 6.07) is 28.3.